The van der Waals surface area contributed by atoms with Crippen LogP contribution in [0.5, 0.6) is 0 Å². The summed E-state index contributed by atoms with van der Waals surface area (Å²) in [6.45, 7) is 3.51. The lowest BCUT2D eigenvalue weighted by atomic mass is 9.86. The van der Waals surface area contributed by atoms with E-state index in [2.05, 4.69) is 36.1 Å². The maximum absolute atomic E-state index is 9.64. The van der Waals surface area contributed by atoms with Crippen molar-refractivity contribution in [2.24, 2.45) is 0 Å². The first-order valence-corrected chi connectivity index (χ1v) is 7.29. The molecule has 1 N–H and O–H groups in total. The first kappa shape index (κ1) is 12.0. The summed E-state index contributed by atoms with van der Waals surface area (Å²) in [5.74, 6) is 0.687. The van der Waals surface area contributed by atoms with Crippen molar-refractivity contribution in [1.82, 2.24) is 0 Å². The molecule has 1 heterocycles. The highest BCUT2D eigenvalue weighted by Crippen LogP contribution is 2.38. The van der Waals surface area contributed by atoms with Gasteiger partial charge in [0.05, 0.1) is 6.10 Å². The number of benzene rings is 1. The van der Waals surface area contributed by atoms with E-state index in [0.717, 1.165) is 25.7 Å². The van der Waals surface area contributed by atoms with Gasteiger partial charge in [0.25, 0.3) is 0 Å². The highest BCUT2D eigenvalue weighted by atomic mass is 16.3. The van der Waals surface area contributed by atoms with Crippen LogP contribution in [-0.4, -0.2) is 23.8 Å². The molecule has 1 aliphatic heterocycles. The first-order valence-electron chi connectivity index (χ1n) is 7.29. The van der Waals surface area contributed by atoms with E-state index in [0.29, 0.717) is 12.0 Å². The fraction of sp³-hybridized carbons (Fsp3) is 0.625. The van der Waals surface area contributed by atoms with Crippen LogP contribution >= 0.6 is 0 Å². The quantitative estimate of drug-likeness (QED) is 0.820. The van der Waals surface area contributed by atoms with Gasteiger partial charge in [0.15, 0.2) is 0 Å². The van der Waals surface area contributed by atoms with Crippen molar-refractivity contribution in [3.05, 3.63) is 29.8 Å². The maximum Gasteiger partial charge on any atom is 0.0541 e. The zero-order valence-electron chi connectivity index (χ0n) is 11.2. The molecule has 1 unspecified atom stereocenters. The van der Waals surface area contributed by atoms with Crippen LogP contribution in [0.3, 0.4) is 0 Å². The molecule has 0 amide bonds. The molecule has 2 aliphatic rings. The maximum atomic E-state index is 9.64. The molecule has 1 atom stereocenters. The average Bonchev–Trinajstić information content (AvgIpc) is 2.41. The molecule has 1 aliphatic carbocycles. The van der Waals surface area contributed by atoms with Gasteiger partial charge >= 0.3 is 0 Å². The molecule has 0 radical (unpaired) electrons. The molecule has 1 aromatic carbocycles. The Morgan fingerprint density at radius 3 is 2.56 bits per heavy atom. The van der Waals surface area contributed by atoms with Gasteiger partial charge in [-0.05, 0) is 49.7 Å². The van der Waals surface area contributed by atoms with E-state index in [1.54, 1.807) is 0 Å². The third-order valence-electron chi connectivity index (χ3n) is 4.69. The highest BCUT2D eigenvalue weighted by Gasteiger charge is 2.29. The SMILES string of the molecule is CC1CCN(C2CCC(O)CC2)c2ccccc21. The summed E-state index contributed by atoms with van der Waals surface area (Å²) in [5.41, 5.74) is 2.95. The van der Waals surface area contributed by atoms with Crippen molar-refractivity contribution in [2.45, 2.75) is 57.1 Å². The number of anilines is 1. The van der Waals surface area contributed by atoms with Crippen LogP contribution < -0.4 is 4.90 Å². The third kappa shape index (κ3) is 2.14. The zero-order chi connectivity index (χ0) is 12.5. The summed E-state index contributed by atoms with van der Waals surface area (Å²) in [5, 5.41) is 9.64. The third-order valence-corrected chi connectivity index (χ3v) is 4.69. The fourth-order valence-corrected chi connectivity index (χ4v) is 3.52. The van der Waals surface area contributed by atoms with E-state index in [-0.39, 0.29) is 6.10 Å². The van der Waals surface area contributed by atoms with E-state index in [1.165, 1.54) is 24.2 Å². The Morgan fingerprint density at radius 1 is 1.06 bits per heavy atom. The number of hydrogen-bond donors (Lipinski definition) is 1. The number of aliphatic hydroxyl groups is 1. The molecule has 3 rings (SSSR count). The second kappa shape index (κ2) is 4.93. The van der Waals surface area contributed by atoms with Crippen molar-refractivity contribution < 1.29 is 5.11 Å². The summed E-state index contributed by atoms with van der Waals surface area (Å²) in [6.07, 6.45) is 5.43. The average molecular weight is 245 g/mol. The van der Waals surface area contributed by atoms with Gasteiger partial charge in [-0.15, -0.1) is 0 Å². The van der Waals surface area contributed by atoms with Crippen LogP contribution in [-0.2, 0) is 0 Å². The summed E-state index contributed by atoms with van der Waals surface area (Å²) in [4.78, 5) is 2.60. The Kier molecular flexibility index (Phi) is 3.29. The molecule has 98 valence electrons. The van der Waals surface area contributed by atoms with E-state index in [1.807, 2.05) is 0 Å². The topological polar surface area (TPSA) is 23.5 Å². The van der Waals surface area contributed by atoms with Crippen molar-refractivity contribution in [1.29, 1.82) is 0 Å². The van der Waals surface area contributed by atoms with Crippen LogP contribution in [0.2, 0.25) is 0 Å². The van der Waals surface area contributed by atoms with Crippen LogP contribution in [0.25, 0.3) is 0 Å². The predicted molar refractivity (Wildman–Crippen MR) is 75.1 cm³/mol. The summed E-state index contributed by atoms with van der Waals surface area (Å²) >= 11 is 0. The number of para-hydroxylation sites is 1. The van der Waals surface area contributed by atoms with E-state index >= 15 is 0 Å². The molecule has 1 aromatic rings. The minimum absolute atomic E-state index is 0.0554. The van der Waals surface area contributed by atoms with Crippen molar-refractivity contribution in [3.8, 4) is 0 Å². The summed E-state index contributed by atoms with van der Waals surface area (Å²) in [7, 11) is 0. The lowest BCUT2D eigenvalue weighted by Gasteiger charge is -2.42. The lowest BCUT2D eigenvalue weighted by molar-refractivity contribution is 0.121. The number of rotatable bonds is 1. The first-order chi connectivity index (χ1) is 8.75. The highest BCUT2D eigenvalue weighted by molar-refractivity contribution is 5.57. The largest absolute Gasteiger partial charge is 0.393 e. The van der Waals surface area contributed by atoms with E-state index in [4.69, 9.17) is 0 Å². The summed E-state index contributed by atoms with van der Waals surface area (Å²) < 4.78 is 0. The molecular weight excluding hydrogens is 222 g/mol. The van der Waals surface area contributed by atoms with Gasteiger partial charge in [0.2, 0.25) is 0 Å². The number of aliphatic hydroxyl groups excluding tert-OH is 1. The second-order valence-corrected chi connectivity index (χ2v) is 5.90. The Labute approximate surface area is 110 Å². The molecule has 2 nitrogen and oxygen atoms in total. The Bertz CT molecular complexity index is 409. The van der Waals surface area contributed by atoms with E-state index in [9.17, 15) is 5.11 Å². The van der Waals surface area contributed by atoms with Gasteiger partial charge in [-0.25, -0.2) is 0 Å². The molecule has 1 fully saturated rings. The Morgan fingerprint density at radius 2 is 1.78 bits per heavy atom. The molecule has 18 heavy (non-hydrogen) atoms. The minimum Gasteiger partial charge on any atom is -0.393 e. The molecule has 0 aromatic heterocycles. The summed E-state index contributed by atoms with van der Waals surface area (Å²) in [6, 6.07) is 9.51. The monoisotopic (exact) mass is 245 g/mol. The zero-order valence-corrected chi connectivity index (χ0v) is 11.2. The van der Waals surface area contributed by atoms with E-state index < -0.39 is 0 Å². The van der Waals surface area contributed by atoms with Gasteiger partial charge in [0.1, 0.15) is 0 Å². The number of hydrogen-bond acceptors (Lipinski definition) is 2. The molecular formula is C16H23NO. The van der Waals surface area contributed by atoms with Gasteiger partial charge in [-0.3, -0.25) is 0 Å². The molecule has 0 spiro atoms. The Balaban J connectivity index is 1.84. The van der Waals surface area contributed by atoms with Gasteiger partial charge in [-0.2, -0.15) is 0 Å². The van der Waals surface area contributed by atoms with Crippen LogP contribution in [0.1, 0.15) is 50.5 Å². The number of nitrogens with zero attached hydrogens (tertiary/aromatic N) is 1. The second-order valence-electron chi connectivity index (χ2n) is 5.90. The molecule has 2 heteroatoms. The Hall–Kier alpha value is -1.02. The fourth-order valence-electron chi connectivity index (χ4n) is 3.52. The lowest BCUT2D eigenvalue weighted by Crippen LogP contribution is -2.42. The van der Waals surface area contributed by atoms with Crippen LogP contribution in [0, 0.1) is 0 Å². The van der Waals surface area contributed by atoms with Gasteiger partial charge in [0, 0.05) is 18.3 Å². The minimum atomic E-state index is -0.0554. The van der Waals surface area contributed by atoms with Gasteiger partial charge in [-0.1, -0.05) is 25.1 Å². The van der Waals surface area contributed by atoms with Crippen molar-refractivity contribution in [3.63, 3.8) is 0 Å². The van der Waals surface area contributed by atoms with Crippen LogP contribution in [0.4, 0.5) is 5.69 Å². The normalized spacial score (nSPS) is 32.1. The van der Waals surface area contributed by atoms with Gasteiger partial charge < -0.3 is 10.0 Å². The molecule has 1 saturated carbocycles. The van der Waals surface area contributed by atoms with Crippen LogP contribution in [0.15, 0.2) is 24.3 Å². The predicted octanol–water partition coefficient (Wildman–Crippen LogP) is 3.30. The molecule has 0 saturated heterocycles. The van der Waals surface area contributed by atoms with Crippen molar-refractivity contribution in [2.75, 3.05) is 11.4 Å². The smallest absolute Gasteiger partial charge is 0.0541 e. The van der Waals surface area contributed by atoms with Crippen molar-refractivity contribution >= 4 is 5.69 Å². The number of fused-ring (bicyclic) bond motifs is 1. The standard InChI is InChI=1S/C16H23NO/c1-12-10-11-17(13-6-8-14(18)9-7-13)16-5-3-2-4-15(12)16/h2-5,12-14,18H,6-11H2,1H3. The molecule has 0 bridgehead atoms.